The Morgan fingerprint density at radius 3 is 2.46 bits per heavy atom. The van der Waals surface area contributed by atoms with Gasteiger partial charge in [0.1, 0.15) is 5.35 Å². The monoisotopic (exact) mass is 371 g/mol. The van der Waals surface area contributed by atoms with E-state index < -0.39 is 5.63 Å². The van der Waals surface area contributed by atoms with Crippen molar-refractivity contribution in [2.75, 3.05) is 21.3 Å². The minimum Gasteiger partial charge on any atom is -0.493 e. The number of thiophene rings is 1. The average Bonchev–Trinajstić information content (AvgIpc) is 3.29. The van der Waals surface area contributed by atoms with E-state index in [4.69, 9.17) is 18.6 Å². The molecule has 26 heavy (non-hydrogen) atoms. The Labute approximate surface area is 153 Å². The van der Waals surface area contributed by atoms with E-state index in [1.807, 2.05) is 17.5 Å². The van der Waals surface area contributed by atoms with Crippen LogP contribution in [0.1, 0.15) is 10.4 Å². The Kier molecular flexibility index (Phi) is 5.31. The summed E-state index contributed by atoms with van der Waals surface area (Å²) in [7, 11) is 4.64. The molecular formula is C19H17NO5S. The van der Waals surface area contributed by atoms with Gasteiger partial charge >= 0.3 is 5.63 Å². The molecule has 3 aromatic rings. The van der Waals surface area contributed by atoms with E-state index in [9.17, 15) is 4.79 Å². The molecule has 0 spiro atoms. The summed E-state index contributed by atoms with van der Waals surface area (Å²) in [6.45, 7) is 0. The standard InChI is InChI=1S/C19H17NO5S/c1-22-15-9-12(10-16(23-2)18(15)24-3)6-7-17-20-14(19(21)25-17)11-13-5-4-8-26-13/h4-6,8-11,20H,1-3H3. The molecule has 0 saturated carbocycles. The number of aromatic amines is 1. The number of methoxy groups -OCH3 is 3. The van der Waals surface area contributed by atoms with Crippen molar-refractivity contribution in [2.24, 2.45) is 0 Å². The molecule has 0 amide bonds. The van der Waals surface area contributed by atoms with Crippen molar-refractivity contribution in [2.45, 2.75) is 0 Å². The highest BCUT2D eigenvalue weighted by molar-refractivity contribution is 7.10. The van der Waals surface area contributed by atoms with Gasteiger partial charge in [-0.25, -0.2) is 4.79 Å². The van der Waals surface area contributed by atoms with Crippen LogP contribution < -0.4 is 30.7 Å². The highest BCUT2D eigenvalue weighted by atomic mass is 32.1. The lowest BCUT2D eigenvalue weighted by Crippen LogP contribution is -2.20. The lowest BCUT2D eigenvalue weighted by molar-refractivity contribution is 0.324. The van der Waals surface area contributed by atoms with E-state index in [-0.39, 0.29) is 5.55 Å². The fourth-order valence-corrected chi connectivity index (χ4v) is 3.01. The molecular weight excluding hydrogens is 354 g/mol. The second-order valence-corrected chi connectivity index (χ2v) is 6.14. The number of rotatable bonds is 5. The number of benzene rings is 1. The van der Waals surface area contributed by atoms with E-state index in [1.165, 1.54) is 11.3 Å². The van der Waals surface area contributed by atoms with Gasteiger partial charge in [0, 0.05) is 4.88 Å². The van der Waals surface area contributed by atoms with Crippen LogP contribution in [0.2, 0.25) is 0 Å². The lowest BCUT2D eigenvalue weighted by atomic mass is 10.2. The van der Waals surface area contributed by atoms with Crippen LogP contribution >= 0.6 is 11.3 Å². The predicted octanol–water partition coefficient (Wildman–Crippen LogP) is 1.98. The van der Waals surface area contributed by atoms with Crippen LogP contribution in [0.4, 0.5) is 0 Å². The second kappa shape index (κ2) is 7.82. The third kappa shape index (κ3) is 3.74. The molecule has 1 aromatic carbocycles. The summed E-state index contributed by atoms with van der Waals surface area (Å²) in [5.41, 5.74) is 3.46. The molecule has 7 heteroatoms. The first kappa shape index (κ1) is 17.7. The predicted molar refractivity (Wildman–Crippen MR) is 100 cm³/mol. The zero-order valence-corrected chi connectivity index (χ0v) is 15.3. The molecule has 3 rings (SSSR count). The molecule has 0 fully saturated rings. The quantitative estimate of drug-likeness (QED) is 0.742. The van der Waals surface area contributed by atoms with Gasteiger partial charge in [-0.15, -0.1) is 11.3 Å². The molecule has 134 valence electrons. The van der Waals surface area contributed by atoms with Crippen molar-refractivity contribution in [3.63, 3.8) is 0 Å². The lowest BCUT2D eigenvalue weighted by Gasteiger charge is -2.12. The average molecular weight is 371 g/mol. The molecule has 1 N–H and O–H groups in total. The number of hydrogen-bond acceptors (Lipinski definition) is 6. The first-order chi connectivity index (χ1) is 12.6. The molecule has 0 atom stereocenters. The summed E-state index contributed by atoms with van der Waals surface area (Å²) in [5, 5.41) is 2.31. The smallest absolute Gasteiger partial charge is 0.362 e. The molecule has 0 saturated heterocycles. The van der Waals surface area contributed by atoms with Gasteiger partial charge in [0.25, 0.3) is 0 Å². The molecule has 0 radical (unpaired) electrons. The van der Waals surface area contributed by atoms with Crippen molar-refractivity contribution in [1.29, 1.82) is 0 Å². The zero-order chi connectivity index (χ0) is 18.5. The summed E-state index contributed by atoms with van der Waals surface area (Å²) < 4.78 is 21.1. The highest BCUT2D eigenvalue weighted by Crippen LogP contribution is 2.38. The van der Waals surface area contributed by atoms with E-state index in [1.54, 1.807) is 45.6 Å². The number of hydrogen-bond donors (Lipinski definition) is 1. The third-order valence-electron chi connectivity index (χ3n) is 3.55. The van der Waals surface area contributed by atoms with Crippen LogP contribution in [0.5, 0.6) is 17.2 Å². The summed E-state index contributed by atoms with van der Waals surface area (Å²) in [4.78, 5) is 15.8. The van der Waals surface area contributed by atoms with E-state index in [0.717, 1.165) is 10.4 Å². The number of H-pyrrole nitrogens is 1. The van der Waals surface area contributed by atoms with Crippen LogP contribution in [0.15, 0.2) is 38.9 Å². The fraction of sp³-hybridized carbons (Fsp3) is 0.158. The summed E-state index contributed by atoms with van der Waals surface area (Å²) >= 11 is 1.53. The van der Waals surface area contributed by atoms with Crippen LogP contribution in [0, 0.1) is 0 Å². The molecule has 0 aliphatic carbocycles. The van der Waals surface area contributed by atoms with Crippen molar-refractivity contribution in [1.82, 2.24) is 4.98 Å². The Morgan fingerprint density at radius 1 is 1.15 bits per heavy atom. The molecule has 0 aliphatic rings. The van der Waals surface area contributed by atoms with Crippen LogP contribution in [0.3, 0.4) is 0 Å². The molecule has 0 bridgehead atoms. The Morgan fingerprint density at radius 2 is 1.88 bits per heavy atom. The Balaban J connectivity index is 2.06. The second-order valence-electron chi connectivity index (χ2n) is 5.16. The van der Waals surface area contributed by atoms with Gasteiger partial charge in [-0.1, -0.05) is 11.8 Å². The van der Waals surface area contributed by atoms with Crippen LogP contribution in [0.25, 0.3) is 17.9 Å². The maximum absolute atomic E-state index is 11.9. The molecule has 6 nitrogen and oxygen atoms in total. The Bertz CT molecular complexity index is 1080. The van der Waals surface area contributed by atoms with Crippen molar-refractivity contribution >= 4 is 29.2 Å². The van der Waals surface area contributed by atoms with E-state index in [2.05, 4.69) is 10.7 Å². The van der Waals surface area contributed by atoms with Crippen molar-refractivity contribution in [3.05, 3.63) is 61.4 Å². The highest BCUT2D eigenvalue weighted by Gasteiger charge is 2.11. The number of nitrogens with one attached hydrogen (secondary N) is 1. The van der Waals surface area contributed by atoms with Crippen molar-refractivity contribution < 1.29 is 18.6 Å². The minimum atomic E-state index is -0.445. The van der Waals surface area contributed by atoms with Gasteiger partial charge in [-0.05, 0) is 41.3 Å². The molecule has 2 heterocycles. The van der Waals surface area contributed by atoms with Gasteiger partial charge in [-0.2, -0.15) is 0 Å². The van der Waals surface area contributed by atoms with E-state index in [0.29, 0.717) is 22.6 Å². The largest absolute Gasteiger partial charge is 0.493 e. The maximum Gasteiger partial charge on any atom is 0.362 e. The van der Waals surface area contributed by atoms with Gasteiger partial charge in [0.15, 0.2) is 11.5 Å². The van der Waals surface area contributed by atoms with Crippen LogP contribution in [-0.2, 0) is 0 Å². The normalized spacial score (nSPS) is 11.1. The van der Waals surface area contributed by atoms with Gasteiger partial charge < -0.3 is 23.6 Å². The molecule has 2 aromatic heterocycles. The summed E-state index contributed by atoms with van der Waals surface area (Å²) in [6.07, 6.45) is 3.40. The molecule has 0 unspecified atom stereocenters. The fourth-order valence-electron chi connectivity index (χ4n) is 2.36. The SMILES string of the molecule is COc1cc(C=C=c2[nH]c(=Cc3cccs3)c(=O)o2)cc(OC)c1OC. The van der Waals surface area contributed by atoms with Gasteiger partial charge in [0.05, 0.1) is 21.3 Å². The summed E-state index contributed by atoms with van der Waals surface area (Å²) in [6, 6.07) is 7.38. The van der Waals surface area contributed by atoms with Gasteiger partial charge in [-0.3, -0.25) is 0 Å². The summed E-state index contributed by atoms with van der Waals surface area (Å²) in [5.74, 6) is 1.56. The number of ether oxygens (including phenoxy) is 3. The first-order valence-corrected chi connectivity index (χ1v) is 8.53. The van der Waals surface area contributed by atoms with Gasteiger partial charge in [0.2, 0.25) is 11.3 Å². The van der Waals surface area contributed by atoms with Crippen LogP contribution in [-0.4, -0.2) is 26.3 Å². The number of oxazole rings is 1. The zero-order valence-electron chi connectivity index (χ0n) is 14.5. The number of aromatic nitrogens is 1. The van der Waals surface area contributed by atoms with Crippen molar-refractivity contribution in [3.8, 4) is 17.2 Å². The topological polar surface area (TPSA) is 73.7 Å². The first-order valence-electron chi connectivity index (χ1n) is 7.65. The third-order valence-corrected chi connectivity index (χ3v) is 4.37. The molecule has 0 aliphatic heterocycles. The Hall–Kier alpha value is -3.15. The minimum absolute atomic E-state index is 0.228. The van der Waals surface area contributed by atoms with E-state index >= 15 is 0 Å². The maximum atomic E-state index is 11.9.